The molecule has 0 spiro atoms. The van der Waals surface area contributed by atoms with E-state index in [0.29, 0.717) is 11.2 Å². The van der Waals surface area contributed by atoms with Crippen LogP contribution in [-0.4, -0.2) is 15.2 Å². The molecule has 0 atom stereocenters. The molecule has 5 heteroatoms. The van der Waals surface area contributed by atoms with Crippen LogP contribution in [0.5, 0.6) is 0 Å². The van der Waals surface area contributed by atoms with Gasteiger partial charge in [0.1, 0.15) is 5.82 Å². The van der Waals surface area contributed by atoms with Crippen LogP contribution in [0.15, 0.2) is 24.3 Å². The van der Waals surface area contributed by atoms with Gasteiger partial charge in [-0.15, -0.1) is 0 Å². The van der Waals surface area contributed by atoms with Crippen molar-refractivity contribution in [1.29, 1.82) is 0 Å². The van der Waals surface area contributed by atoms with E-state index in [0.717, 1.165) is 16.4 Å². The molecule has 1 aromatic carbocycles. The highest BCUT2D eigenvalue weighted by Crippen LogP contribution is 2.12. The van der Waals surface area contributed by atoms with E-state index in [1.807, 2.05) is 24.3 Å². The molecule has 0 unspecified atom stereocenters. The monoisotopic (exact) mass is 225 g/mol. The normalized spacial score (nSPS) is 10.4. The molecule has 1 aromatic heterocycles. The molecular formula is C9H8ClN3S. The largest absolute Gasteiger partial charge is 0.285 e. The van der Waals surface area contributed by atoms with Crippen LogP contribution in [-0.2, 0) is 6.42 Å². The van der Waals surface area contributed by atoms with Crippen molar-refractivity contribution in [2.24, 2.45) is 0 Å². The number of nitrogens with zero attached hydrogens (tertiary/aromatic N) is 1. The molecular weight excluding hydrogens is 218 g/mol. The van der Waals surface area contributed by atoms with Crippen molar-refractivity contribution in [1.82, 2.24) is 15.2 Å². The number of hydrogen-bond donors (Lipinski definition) is 2. The van der Waals surface area contributed by atoms with E-state index in [4.69, 9.17) is 23.8 Å². The van der Waals surface area contributed by atoms with E-state index in [1.165, 1.54) is 0 Å². The molecule has 0 aliphatic carbocycles. The molecule has 0 radical (unpaired) electrons. The molecule has 0 saturated carbocycles. The summed E-state index contributed by atoms with van der Waals surface area (Å²) in [5.41, 5.74) is 1.11. The van der Waals surface area contributed by atoms with E-state index in [1.54, 1.807) is 0 Å². The van der Waals surface area contributed by atoms with E-state index in [9.17, 15) is 0 Å². The lowest BCUT2D eigenvalue weighted by atomic mass is 10.1. The minimum Gasteiger partial charge on any atom is -0.285 e. The van der Waals surface area contributed by atoms with Crippen LogP contribution in [0, 0.1) is 4.77 Å². The second-order valence-electron chi connectivity index (χ2n) is 2.92. The number of rotatable bonds is 2. The first-order valence-electron chi connectivity index (χ1n) is 4.12. The van der Waals surface area contributed by atoms with Crippen molar-refractivity contribution in [3.63, 3.8) is 0 Å². The summed E-state index contributed by atoms with van der Waals surface area (Å²) in [4.78, 5) is 4.10. The summed E-state index contributed by atoms with van der Waals surface area (Å²) in [6, 6.07) is 7.67. The van der Waals surface area contributed by atoms with Gasteiger partial charge in [0.05, 0.1) is 0 Å². The third kappa shape index (κ3) is 2.21. The summed E-state index contributed by atoms with van der Waals surface area (Å²) in [5.74, 6) is 0.817. The van der Waals surface area contributed by atoms with Crippen molar-refractivity contribution in [2.45, 2.75) is 6.42 Å². The maximum Gasteiger partial charge on any atom is 0.213 e. The molecule has 0 aliphatic rings. The predicted octanol–water partition coefficient (Wildman–Crippen LogP) is 2.71. The Bertz CT molecular complexity index is 489. The standard InChI is InChI=1S/C9H8ClN3S/c10-7-3-1-2-6(4-7)5-8-11-9(14)13-12-8/h1-4H,5H2,(H2,11,12,13,14). The summed E-state index contributed by atoms with van der Waals surface area (Å²) >= 11 is 10.7. The lowest BCUT2D eigenvalue weighted by molar-refractivity contribution is 0.972. The number of benzene rings is 1. The molecule has 2 aromatic rings. The highest BCUT2D eigenvalue weighted by atomic mass is 35.5. The average Bonchev–Trinajstić information content (AvgIpc) is 2.51. The van der Waals surface area contributed by atoms with Crippen molar-refractivity contribution in [2.75, 3.05) is 0 Å². The fourth-order valence-electron chi connectivity index (χ4n) is 1.23. The quantitative estimate of drug-likeness (QED) is 0.772. The van der Waals surface area contributed by atoms with Gasteiger partial charge >= 0.3 is 0 Å². The van der Waals surface area contributed by atoms with Gasteiger partial charge < -0.3 is 0 Å². The number of aromatic amines is 2. The first kappa shape index (κ1) is 9.43. The van der Waals surface area contributed by atoms with Crippen molar-refractivity contribution in [3.05, 3.63) is 45.4 Å². The first-order chi connectivity index (χ1) is 6.74. The zero-order valence-corrected chi connectivity index (χ0v) is 8.82. The summed E-state index contributed by atoms with van der Waals surface area (Å²) in [6.45, 7) is 0. The molecule has 0 aliphatic heterocycles. The fraction of sp³-hybridized carbons (Fsp3) is 0.111. The number of nitrogens with one attached hydrogen (secondary N) is 2. The van der Waals surface area contributed by atoms with Gasteiger partial charge in [-0.05, 0) is 29.9 Å². The van der Waals surface area contributed by atoms with E-state index >= 15 is 0 Å². The molecule has 1 heterocycles. The Labute approximate surface area is 91.1 Å². The van der Waals surface area contributed by atoms with Crippen LogP contribution in [0.4, 0.5) is 0 Å². The Morgan fingerprint density at radius 2 is 2.21 bits per heavy atom. The highest BCUT2D eigenvalue weighted by molar-refractivity contribution is 7.71. The number of halogens is 1. The molecule has 2 N–H and O–H groups in total. The van der Waals surface area contributed by atoms with E-state index < -0.39 is 0 Å². The summed E-state index contributed by atoms with van der Waals surface area (Å²) in [6.07, 6.45) is 0.702. The van der Waals surface area contributed by atoms with E-state index in [-0.39, 0.29) is 0 Å². The second kappa shape index (κ2) is 3.94. The molecule has 2 rings (SSSR count). The molecule has 0 saturated heterocycles. The van der Waals surface area contributed by atoms with Crippen LogP contribution in [0.1, 0.15) is 11.4 Å². The summed E-state index contributed by atoms with van der Waals surface area (Å²) in [5, 5.41) is 6.37. The van der Waals surface area contributed by atoms with Crippen LogP contribution < -0.4 is 0 Å². The molecule has 0 bridgehead atoms. The molecule has 0 amide bonds. The molecule has 72 valence electrons. The second-order valence-corrected chi connectivity index (χ2v) is 3.74. The lowest BCUT2D eigenvalue weighted by Gasteiger charge is -1.97. The zero-order chi connectivity index (χ0) is 9.97. The van der Waals surface area contributed by atoms with Crippen molar-refractivity contribution in [3.8, 4) is 0 Å². The predicted molar refractivity (Wildman–Crippen MR) is 58.0 cm³/mol. The topological polar surface area (TPSA) is 44.5 Å². The van der Waals surface area contributed by atoms with Crippen molar-refractivity contribution >= 4 is 23.8 Å². The van der Waals surface area contributed by atoms with Gasteiger partial charge in [0.25, 0.3) is 0 Å². The Balaban J connectivity index is 2.22. The zero-order valence-electron chi connectivity index (χ0n) is 7.25. The van der Waals surface area contributed by atoms with Gasteiger partial charge in [0.2, 0.25) is 4.77 Å². The number of hydrogen-bond acceptors (Lipinski definition) is 2. The summed E-state index contributed by atoms with van der Waals surface area (Å²) in [7, 11) is 0. The number of aromatic nitrogens is 3. The molecule has 0 fully saturated rings. The van der Waals surface area contributed by atoms with Gasteiger partial charge in [-0.1, -0.05) is 23.7 Å². The van der Waals surface area contributed by atoms with Gasteiger partial charge in [0.15, 0.2) is 0 Å². The fourth-order valence-corrected chi connectivity index (χ4v) is 1.60. The first-order valence-corrected chi connectivity index (χ1v) is 4.91. The summed E-state index contributed by atoms with van der Waals surface area (Å²) < 4.78 is 0.474. The Kier molecular flexibility index (Phi) is 2.65. The lowest BCUT2D eigenvalue weighted by Crippen LogP contribution is -1.90. The third-order valence-electron chi connectivity index (χ3n) is 1.81. The van der Waals surface area contributed by atoms with Gasteiger partial charge in [-0.3, -0.25) is 10.2 Å². The SMILES string of the molecule is S=c1nc(Cc2cccc(Cl)c2)[nH][nH]1. The third-order valence-corrected chi connectivity index (χ3v) is 2.24. The van der Waals surface area contributed by atoms with Crippen LogP contribution >= 0.6 is 23.8 Å². The van der Waals surface area contributed by atoms with Crippen LogP contribution in [0.3, 0.4) is 0 Å². The number of H-pyrrole nitrogens is 2. The Morgan fingerprint density at radius 3 is 2.86 bits per heavy atom. The highest BCUT2D eigenvalue weighted by Gasteiger charge is 1.99. The maximum atomic E-state index is 5.86. The van der Waals surface area contributed by atoms with Gasteiger partial charge in [-0.2, -0.15) is 0 Å². The van der Waals surface area contributed by atoms with Crippen LogP contribution in [0.2, 0.25) is 5.02 Å². The molecule has 3 nitrogen and oxygen atoms in total. The van der Waals surface area contributed by atoms with Crippen LogP contribution in [0.25, 0.3) is 0 Å². The van der Waals surface area contributed by atoms with Gasteiger partial charge in [-0.25, -0.2) is 4.98 Å². The van der Waals surface area contributed by atoms with E-state index in [2.05, 4.69) is 15.2 Å². The Morgan fingerprint density at radius 1 is 1.36 bits per heavy atom. The molecule has 14 heavy (non-hydrogen) atoms. The minimum absolute atomic E-state index is 0.474. The minimum atomic E-state index is 0.474. The average molecular weight is 226 g/mol. The smallest absolute Gasteiger partial charge is 0.213 e. The van der Waals surface area contributed by atoms with Gasteiger partial charge in [0, 0.05) is 11.4 Å². The Hall–Kier alpha value is -1.13. The van der Waals surface area contributed by atoms with Crippen molar-refractivity contribution < 1.29 is 0 Å². The maximum absolute atomic E-state index is 5.86.